The van der Waals surface area contributed by atoms with Gasteiger partial charge >= 0.3 is 19.8 Å². The van der Waals surface area contributed by atoms with Gasteiger partial charge in [-0.15, -0.1) is 0 Å². The molecule has 11 nitrogen and oxygen atoms in total. The molecule has 0 aromatic heterocycles. The maximum atomic E-state index is 12.6. The number of esters is 2. The maximum Gasteiger partial charge on any atom is 0.472 e. The molecule has 0 rings (SSSR count). The molecule has 0 saturated carbocycles. The van der Waals surface area contributed by atoms with Crippen molar-refractivity contribution in [3.63, 3.8) is 0 Å². The minimum Gasteiger partial charge on any atom is -0.462 e. The number of phosphoric acid groups is 1. The fourth-order valence-electron chi connectivity index (χ4n) is 5.01. The average molecular weight is 885 g/mol. The van der Waals surface area contributed by atoms with E-state index in [4.69, 9.17) is 19.1 Å². The number of unbranched alkanes of at least 4 members (excludes halogenated alkanes) is 3. The van der Waals surface area contributed by atoms with Crippen LogP contribution in [0.15, 0.2) is 134 Å². The van der Waals surface area contributed by atoms with Gasteiger partial charge < -0.3 is 29.7 Å². The van der Waals surface area contributed by atoms with E-state index in [1.54, 1.807) is 6.08 Å². The second-order valence-electron chi connectivity index (χ2n) is 14.2. The van der Waals surface area contributed by atoms with Gasteiger partial charge in [0, 0.05) is 12.8 Å². The van der Waals surface area contributed by atoms with E-state index in [2.05, 4.69) is 91.3 Å². The molecule has 4 N–H and O–H groups in total. The number of hydrogen-bond acceptors (Lipinski definition) is 10. The van der Waals surface area contributed by atoms with Gasteiger partial charge in [0.1, 0.15) is 12.7 Å². The van der Waals surface area contributed by atoms with Crippen LogP contribution in [0.2, 0.25) is 0 Å². The van der Waals surface area contributed by atoms with Gasteiger partial charge in [-0.3, -0.25) is 18.6 Å². The minimum atomic E-state index is -4.67. The summed E-state index contributed by atoms with van der Waals surface area (Å²) in [6.07, 6.45) is 54.7. The molecule has 0 fully saturated rings. The lowest BCUT2D eigenvalue weighted by molar-refractivity contribution is -0.161. The molecule has 0 aromatic rings. The van der Waals surface area contributed by atoms with Crippen LogP contribution >= 0.6 is 7.82 Å². The predicted molar refractivity (Wildman–Crippen MR) is 252 cm³/mol. The van der Waals surface area contributed by atoms with Crippen LogP contribution in [0.3, 0.4) is 0 Å². The zero-order valence-electron chi connectivity index (χ0n) is 37.4. The number of rotatable bonds is 39. The molecular formula is C50H77O11P. The molecule has 0 bridgehead atoms. The molecule has 0 aliphatic heterocycles. The predicted octanol–water partition coefficient (Wildman–Crippen LogP) is 11.1. The summed E-state index contributed by atoms with van der Waals surface area (Å²) in [7, 11) is -4.67. The second kappa shape index (κ2) is 43.7. The highest BCUT2D eigenvalue weighted by molar-refractivity contribution is 7.47. The van der Waals surface area contributed by atoms with E-state index >= 15 is 0 Å². The average Bonchev–Trinajstić information content (AvgIpc) is 3.26. The van der Waals surface area contributed by atoms with Crippen LogP contribution in [0.4, 0.5) is 0 Å². The smallest absolute Gasteiger partial charge is 0.462 e. The quantitative estimate of drug-likeness (QED) is 0.0152. The van der Waals surface area contributed by atoms with Gasteiger partial charge in [-0.05, 0) is 89.9 Å². The summed E-state index contributed by atoms with van der Waals surface area (Å²) >= 11 is 0. The van der Waals surface area contributed by atoms with Crippen molar-refractivity contribution in [1.29, 1.82) is 0 Å². The van der Waals surface area contributed by atoms with Crippen LogP contribution in [-0.4, -0.2) is 76.9 Å². The first kappa shape index (κ1) is 58.1. The molecule has 0 heterocycles. The third kappa shape index (κ3) is 42.7. The van der Waals surface area contributed by atoms with Crippen molar-refractivity contribution < 1.29 is 52.9 Å². The van der Waals surface area contributed by atoms with Gasteiger partial charge in [-0.1, -0.05) is 154 Å². The first-order valence-corrected chi connectivity index (χ1v) is 23.7. The lowest BCUT2D eigenvalue weighted by Crippen LogP contribution is -2.29. The molecule has 4 atom stereocenters. The van der Waals surface area contributed by atoms with Gasteiger partial charge in [0.15, 0.2) is 6.10 Å². The van der Waals surface area contributed by atoms with Gasteiger partial charge in [0.25, 0.3) is 0 Å². The van der Waals surface area contributed by atoms with Crippen LogP contribution in [0.1, 0.15) is 123 Å². The van der Waals surface area contributed by atoms with Crippen molar-refractivity contribution in [2.75, 3.05) is 26.4 Å². The molecule has 62 heavy (non-hydrogen) atoms. The number of carbonyl (C=O) groups is 2. The van der Waals surface area contributed by atoms with Crippen LogP contribution in [0.5, 0.6) is 0 Å². The Morgan fingerprint density at radius 2 is 1.05 bits per heavy atom. The summed E-state index contributed by atoms with van der Waals surface area (Å²) in [6, 6.07) is 0. The summed E-state index contributed by atoms with van der Waals surface area (Å²) < 4.78 is 32.6. The van der Waals surface area contributed by atoms with Gasteiger partial charge in [-0.25, -0.2) is 4.57 Å². The molecule has 348 valence electrons. The largest absolute Gasteiger partial charge is 0.472 e. The molecule has 0 amide bonds. The van der Waals surface area contributed by atoms with Crippen LogP contribution in [0.25, 0.3) is 0 Å². The number of aliphatic hydroxyl groups is 3. The number of aliphatic hydroxyl groups excluding tert-OH is 3. The highest BCUT2D eigenvalue weighted by Crippen LogP contribution is 2.43. The topological polar surface area (TPSA) is 169 Å². The lowest BCUT2D eigenvalue weighted by Gasteiger charge is -2.20. The Labute approximate surface area is 373 Å². The fourth-order valence-corrected chi connectivity index (χ4v) is 5.80. The van der Waals surface area contributed by atoms with E-state index < -0.39 is 57.9 Å². The first-order valence-electron chi connectivity index (χ1n) is 22.3. The zero-order chi connectivity index (χ0) is 45.6. The zero-order valence-corrected chi connectivity index (χ0v) is 38.3. The van der Waals surface area contributed by atoms with Gasteiger partial charge in [0.05, 0.1) is 25.9 Å². The van der Waals surface area contributed by atoms with E-state index in [1.165, 1.54) is 0 Å². The van der Waals surface area contributed by atoms with E-state index in [1.807, 2.05) is 54.7 Å². The molecule has 0 saturated heterocycles. The van der Waals surface area contributed by atoms with Crippen LogP contribution in [-0.2, 0) is 32.7 Å². The Morgan fingerprint density at radius 1 is 0.548 bits per heavy atom. The Hall–Kier alpha value is -3.93. The summed E-state index contributed by atoms with van der Waals surface area (Å²) in [6.45, 7) is 1.89. The Kier molecular flexibility index (Phi) is 40.9. The normalized spacial score (nSPS) is 15.5. The Bertz CT molecular complexity index is 1500. The summed E-state index contributed by atoms with van der Waals surface area (Å²) in [4.78, 5) is 35.0. The number of ether oxygens (including phenoxy) is 2. The molecule has 0 radical (unpaired) electrons. The Morgan fingerprint density at radius 3 is 1.61 bits per heavy atom. The molecule has 12 heteroatoms. The first-order chi connectivity index (χ1) is 30.1. The minimum absolute atomic E-state index is 0.0266. The van der Waals surface area contributed by atoms with Crippen molar-refractivity contribution in [3.8, 4) is 0 Å². The van der Waals surface area contributed by atoms with E-state index in [-0.39, 0.29) is 19.4 Å². The third-order valence-electron chi connectivity index (χ3n) is 8.39. The molecule has 0 aliphatic carbocycles. The number of hydrogen-bond donors (Lipinski definition) is 4. The van der Waals surface area contributed by atoms with E-state index in [9.17, 15) is 29.3 Å². The summed E-state index contributed by atoms with van der Waals surface area (Å²) in [5, 5.41) is 28.2. The van der Waals surface area contributed by atoms with E-state index in [0.29, 0.717) is 25.7 Å². The van der Waals surface area contributed by atoms with Crippen molar-refractivity contribution in [2.45, 2.75) is 141 Å². The monoisotopic (exact) mass is 885 g/mol. The molecule has 0 aromatic carbocycles. The van der Waals surface area contributed by atoms with Crippen LogP contribution in [0, 0.1) is 0 Å². The van der Waals surface area contributed by atoms with Crippen molar-refractivity contribution in [2.24, 2.45) is 0 Å². The van der Waals surface area contributed by atoms with Crippen molar-refractivity contribution in [1.82, 2.24) is 0 Å². The lowest BCUT2D eigenvalue weighted by atomic mass is 10.1. The maximum absolute atomic E-state index is 12.6. The fraction of sp³-hybridized carbons (Fsp3) is 0.520. The number of carbonyl (C=O) groups excluding carboxylic acids is 2. The van der Waals surface area contributed by atoms with Crippen LogP contribution < -0.4 is 0 Å². The SMILES string of the molecule is CC/C=C\C/C=C\C/C=C\C/C=C\C/C=C\CCCCCC(=O)OC[C@H](COP(=O)(O)OC[C@@H](O)CO)OC(=O)CC/C=C\C/C=C\C/C=C\C/C=C/C=C/C(O)C/C=C\CC. The summed E-state index contributed by atoms with van der Waals surface area (Å²) in [5.74, 6) is -1.10. The summed E-state index contributed by atoms with van der Waals surface area (Å²) in [5.41, 5.74) is 0. The second-order valence-corrected chi connectivity index (χ2v) is 15.6. The standard InChI is InChI=1S/C50H77O11P/c1-3-5-7-8-9-10-11-12-13-14-15-16-17-20-23-26-29-32-36-40-49(54)58-44-48(45-60-62(56,57)59-43-47(53)42-51)61-50(55)41-37-33-30-27-24-21-18-19-22-25-28-31-35-39-46(52)38-34-6-4-2/h5-7,9-10,12-13,15-16,19-24,28,30-31,33-35,39,46-48,51-53H,3-4,8,11,14,17-18,25-27,29,32,36-38,40-45H2,1-2H3,(H,56,57)/b7-5-,10-9-,13-12-,16-15-,22-19-,23-20-,24-21-,31-28+,33-30-,34-6-,39-35+/t46?,47-,48+/m0/s1. The molecule has 2 unspecified atom stereocenters. The van der Waals surface area contributed by atoms with Crippen molar-refractivity contribution in [3.05, 3.63) is 134 Å². The van der Waals surface area contributed by atoms with E-state index in [0.717, 1.165) is 70.6 Å². The highest BCUT2D eigenvalue weighted by atomic mass is 31.2. The molecule has 0 spiro atoms. The Balaban J connectivity index is 4.54. The highest BCUT2D eigenvalue weighted by Gasteiger charge is 2.27. The third-order valence-corrected chi connectivity index (χ3v) is 9.34. The number of phosphoric ester groups is 1. The van der Waals surface area contributed by atoms with Gasteiger partial charge in [-0.2, -0.15) is 0 Å². The number of allylic oxidation sites excluding steroid dienone is 20. The van der Waals surface area contributed by atoms with Gasteiger partial charge in [0.2, 0.25) is 0 Å². The molecular weight excluding hydrogens is 808 g/mol. The molecule has 0 aliphatic rings. The van der Waals surface area contributed by atoms with Crippen molar-refractivity contribution >= 4 is 19.8 Å².